The zero-order valence-corrected chi connectivity index (χ0v) is 24.1. The summed E-state index contributed by atoms with van der Waals surface area (Å²) in [6.45, 7) is 15.8. The Morgan fingerprint density at radius 3 is 2.10 bits per heavy atom. The minimum atomic E-state index is -0.173. The minimum Gasteiger partial charge on any atom is -0.347 e. The third-order valence-electron chi connectivity index (χ3n) is 8.46. The third-order valence-corrected chi connectivity index (χ3v) is 8.46. The van der Waals surface area contributed by atoms with Crippen LogP contribution in [-0.4, -0.2) is 7.05 Å². The van der Waals surface area contributed by atoms with Crippen molar-refractivity contribution in [2.24, 2.45) is 0 Å². The lowest BCUT2D eigenvalue weighted by molar-refractivity contribution is 0.643. The molecule has 0 spiro atoms. The molecule has 4 aromatic rings. The SMILES string of the molecule is C=C(/C=C/C=C/C=C/C=C1/N(C)c2ccc3ccccc3c2C1(C)C)C(C)(C)c1c(C)ccc2ccccc12. The maximum absolute atomic E-state index is 4.45. The highest BCUT2D eigenvalue weighted by molar-refractivity contribution is 5.94. The van der Waals surface area contributed by atoms with Crippen molar-refractivity contribution >= 4 is 27.2 Å². The van der Waals surface area contributed by atoms with Crippen LogP contribution >= 0.6 is 0 Å². The van der Waals surface area contributed by atoms with Gasteiger partial charge in [0.2, 0.25) is 0 Å². The van der Waals surface area contributed by atoms with Gasteiger partial charge in [-0.1, -0.05) is 137 Å². The number of allylic oxidation sites excluding steroid dienone is 9. The average molecular weight is 510 g/mol. The van der Waals surface area contributed by atoms with Crippen molar-refractivity contribution in [1.29, 1.82) is 0 Å². The van der Waals surface area contributed by atoms with Crippen molar-refractivity contribution in [3.8, 4) is 0 Å². The molecule has 1 aliphatic rings. The van der Waals surface area contributed by atoms with E-state index in [-0.39, 0.29) is 10.8 Å². The molecule has 0 fully saturated rings. The Morgan fingerprint density at radius 1 is 0.769 bits per heavy atom. The summed E-state index contributed by atoms with van der Waals surface area (Å²) in [7, 11) is 2.17. The Kier molecular flexibility index (Phi) is 6.95. The fourth-order valence-corrected chi connectivity index (χ4v) is 6.28. The van der Waals surface area contributed by atoms with Gasteiger partial charge in [0.25, 0.3) is 0 Å². The molecule has 196 valence electrons. The molecule has 4 aromatic carbocycles. The van der Waals surface area contributed by atoms with Gasteiger partial charge in [0.15, 0.2) is 0 Å². The molecule has 5 rings (SSSR count). The van der Waals surface area contributed by atoms with Crippen molar-refractivity contribution in [2.75, 3.05) is 11.9 Å². The molecule has 1 nitrogen and oxygen atoms in total. The monoisotopic (exact) mass is 509 g/mol. The second kappa shape index (κ2) is 10.2. The molecule has 1 heteroatoms. The van der Waals surface area contributed by atoms with Crippen LogP contribution in [0.1, 0.15) is 44.4 Å². The van der Waals surface area contributed by atoms with E-state index in [0.29, 0.717) is 0 Å². The summed E-state index contributed by atoms with van der Waals surface area (Å²) in [5.41, 5.74) is 7.50. The van der Waals surface area contributed by atoms with E-state index in [9.17, 15) is 0 Å². The Labute approximate surface area is 234 Å². The summed E-state index contributed by atoms with van der Waals surface area (Å²) in [6.07, 6.45) is 14.9. The summed E-state index contributed by atoms with van der Waals surface area (Å²) in [5, 5.41) is 5.21. The topological polar surface area (TPSA) is 3.24 Å². The zero-order chi connectivity index (χ0) is 27.8. The quantitative estimate of drug-likeness (QED) is 0.234. The molecule has 0 aliphatic carbocycles. The molecule has 0 saturated carbocycles. The van der Waals surface area contributed by atoms with Crippen LogP contribution in [0.5, 0.6) is 0 Å². The number of hydrogen-bond acceptors (Lipinski definition) is 1. The Hall–Kier alpha value is -4.10. The first-order chi connectivity index (χ1) is 18.6. The number of fused-ring (bicyclic) bond motifs is 4. The number of hydrogen-bond donors (Lipinski definition) is 0. The summed E-state index contributed by atoms with van der Waals surface area (Å²) < 4.78 is 0. The number of nitrogens with zero attached hydrogens (tertiary/aromatic N) is 1. The van der Waals surface area contributed by atoms with E-state index < -0.39 is 0 Å². The molecule has 0 unspecified atom stereocenters. The van der Waals surface area contributed by atoms with Gasteiger partial charge in [-0.15, -0.1) is 0 Å². The van der Waals surface area contributed by atoms with Gasteiger partial charge in [-0.25, -0.2) is 0 Å². The molecule has 0 N–H and O–H groups in total. The van der Waals surface area contributed by atoms with Crippen molar-refractivity contribution < 1.29 is 0 Å². The third kappa shape index (κ3) is 4.68. The molecule has 0 bridgehead atoms. The molecular formula is C38H39N. The van der Waals surface area contributed by atoms with Gasteiger partial charge in [-0.3, -0.25) is 0 Å². The van der Waals surface area contributed by atoms with Gasteiger partial charge in [-0.05, 0) is 62.9 Å². The summed E-state index contributed by atoms with van der Waals surface area (Å²) in [4.78, 5) is 2.33. The molecule has 0 atom stereocenters. The van der Waals surface area contributed by atoms with E-state index in [0.717, 1.165) is 5.57 Å². The van der Waals surface area contributed by atoms with E-state index in [4.69, 9.17) is 0 Å². The lowest BCUT2D eigenvalue weighted by Gasteiger charge is -2.29. The predicted molar refractivity (Wildman–Crippen MR) is 172 cm³/mol. The van der Waals surface area contributed by atoms with Gasteiger partial charge in [-0.2, -0.15) is 0 Å². The van der Waals surface area contributed by atoms with Crippen LogP contribution in [-0.2, 0) is 10.8 Å². The van der Waals surface area contributed by atoms with Crippen LogP contribution in [0.3, 0.4) is 0 Å². The lowest BCUT2D eigenvalue weighted by Crippen LogP contribution is -2.22. The lowest BCUT2D eigenvalue weighted by atomic mass is 9.74. The average Bonchev–Trinajstić information content (AvgIpc) is 3.12. The fourth-order valence-electron chi connectivity index (χ4n) is 6.28. The predicted octanol–water partition coefficient (Wildman–Crippen LogP) is 10.1. The largest absolute Gasteiger partial charge is 0.347 e. The fraction of sp³-hybridized carbons (Fsp3) is 0.211. The maximum Gasteiger partial charge on any atom is 0.0454 e. The molecule has 0 radical (unpaired) electrons. The Balaban J connectivity index is 1.31. The highest BCUT2D eigenvalue weighted by Gasteiger charge is 2.39. The van der Waals surface area contributed by atoms with Crippen molar-refractivity contribution in [1.82, 2.24) is 0 Å². The second-order valence-corrected chi connectivity index (χ2v) is 11.7. The summed E-state index contributed by atoms with van der Waals surface area (Å²) >= 11 is 0. The van der Waals surface area contributed by atoms with E-state index in [1.165, 1.54) is 49.6 Å². The first-order valence-corrected chi connectivity index (χ1v) is 13.8. The molecular weight excluding hydrogens is 470 g/mol. The molecule has 0 amide bonds. The molecule has 1 heterocycles. The van der Waals surface area contributed by atoms with Crippen LogP contribution in [0.15, 0.2) is 133 Å². The van der Waals surface area contributed by atoms with Crippen molar-refractivity contribution in [3.05, 3.63) is 150 Å². The molecule has 0 aromatic heterocycles. The number of aryl methyl sites for hydroxylation is 1. The first kappa shape index (κ1) is 26.5. The van der Waals surface area contributed by atoms with Crippen LogP contribution in [0.4, 0.5) is 5.69 Å². The zero-order valence-electron chi connectivity index (χ0n) is 24.1. The van der Waals surface area contributed by atoms with Gasteiger partial charge < -0.3 is 4.90 Å². The maximum atomic E-state index is 4.45. The van der Waals surface area contributed by atoms with Crippen molar-refractivity contribution in [3.63, 3.8) is 0 Å². The molecule has 1 aliphatic heterocycles. The van der Waals surface area contributed by atoms with E-state index in [2.05, 4.69) is 168 Å². The smallest absolute Gasteiger partial charge is 0.0454 e. The van der Waals surface area contributed by atoms with Gasteiger partial charge >= 0.3 is 0 Å². The minimum absolute atomic E-state index is 0.0675. The van der Waals surface area contributed by atoms with Crippen LogP contribution in [0, 0.1) is 6.92 Å². The Bertz CT molecular complexity index is 1690. The number of rotatable bonds is 6. The number of likely N-dealkylation sites (N-methyl/N-ethyl adjacent to an activating group) is 1. The van der Waals surface area contributed by atoms with Crippen LogP contribution in [0.2, 0.25) is 0 Å². The van der Waals surface area contributed by atoms with Crippen LogP contribution in [0.25, 0.3) is 21.5 Å². The second-order valence-electron chi connectivity index (χ2n) is 11.7. The molecule has 39 heavy (non-hydrogen) atoms. The molecule has 0 saturated heterocycles. The highest BCUT2D eigenvalue weighted by atomic mass is 15.2. The highest BCUT2D eigenvalue weighted by Crippen LogP contribution is 2.49. The van der Waals surface area contributed by atoms with E-state index >= 15 is 0 Å². The summed E-state index contributed by atoms with van der Waals surface area (Å²) in [5.74, 6) is 0. The van der Waals surface area contributed by atoms with E-state index in [1.807, 2.05) is 0 Å². The standard InChI is InChI=1S/C38H39N/c1-27-23-24-29-18-13-15-20-31(29)35(27)37(3,4)28(2)17-11-9-8-10-12-22-34-38(5,6)36-32-21-16-14-19-30(32)25-26-33(36)39(34)7/h8-26H,2H2,1,3-7H3/b9-8+,12-10+,17-11+,34-22+. The Morgan fingerprint density at radius 2 is 1.36 bits per heavy atom. The van der Waals surface area contributed by atoms with Gasteiger partial charge in [0.05, 0.1) is 0 Å². The van der Waals surface area contributed by atoms with Gasteiger partial charge in [0.1, 0.15) is 0 Å². The van der Waals surface area contributed by atoms with E-state index in [1.54, 1.807) is 0 Å². The first-order valence-electron chi connectivity index (χ1n) is 13.8. The normalized spacial score (nSPS) is 16.5. The van der Waals surface area contributed by atoms with Crippen LogP contribution < -0.4 is 4.90 Å². The van der Waals surface area contributed by atoms with Gasteiger partial charge in [0, 0.05) is 29.3 Å². The summed E-state index contributed by atoms with van der Waals surface area (Å²) in [6, 6.07) is 26.2. The number of anilines is 1. The number of benzene rings is 4. The van der Waals surface area contributed by atoms with Crippen molar-refractivity contribution in [2.45, 2.75) is 45.4 Å².